The molecule has 0 radical (unpaired) electrons. The van der Waals surface area contributed by atoms with Crippen LogP contribution < -0.4 is 10.1 Å². The third-order valence-corrected chi connectivity index (χ3v) is 3.90. The van der Waals surface area contributed by atoms with E-state index in [-0.39, 0.29) is 0 Å². The van der Waals surface area contributed by atoms with Gasteiger partial charge in [0.2, 0.25) is 0 Å². The number of nitrogens with one attached hydrogen (secondary N) is 1. The van der Waals surface area contributed by atoms with Crippen LogP contribution in [0.3, 0.4) is 0 Å². The Morgan fingerprint density at radius 3 is 2.94 bits per heavy atom. The minimum absolute atomic E-state index is 0.525. The third kappa shape index (κ3) is 2.86. The third-order valence-electron chi connectivity index (χ3n) is 3.90. The molecular formula is C16H25NO. The molecule has 0 saturated carbocycles. The zero-order valence-corrected chi connectivity index (χ0v) is 11.8. The van der Waals surface area contributed by atoms with Crippen molar-refractivity contribution in [2.24, 2.45) is 5.92 Å². The van der Waals surface area contributed by atoms with Crippen molar-refractivity contribution in [3.8, 4) is 5.75 Å². The highest BCUT2D eigenvalue weighted by atomic mass is 16.5. The molecule has 1 aliphatic rings. The molecule has 18 heavy (non-hydrogen) atoms. The van der Waals surface area contributed by atoms with E-state index in [1.165, 1.54) is 24.0 Å². The fraction of sp³-hybridized carbons (Fsp3) is 0.625. The summed E-state index contributed by atoms with van der Waals surface area (Å²) < 4.78 is 6.00. The summed E-state index contributed by atoms with van der Waals surface area (Å²) in [5.74, 6) is 1.74. The van der Waals surface area contributed by atoms with Crippen LogP contribution in [-0.4, -0.2) is 13.2 Å². The number of ether oxygens (including phenoxy) is 1. The Hall–Kier alpha value is -1.02. The van der Waals surface area contributed by atoms with Gasteiger partial charge in [-0.3, -0.25) is 0 Å². The van der Waals surface area contributed by atoms with E-state index in [1.807, 2.05) is 0 Å². The lowest BCUT2D eigenvalue weighted by Gasteiger charge is -2.15. The molecule has 0 spiro atoms. The smallest absolute Gasteiger partial charge is 0.122 e. The van der Waals surface area contributed by atoms with Crippen LogP contribution in [0.4, 0.5) is 0 Å². The maximum absolute atomic E-state index is 6.00. The number of fused-ring (bicyclic) bond motifs is 1. The molecule has 2 heteroatoms. The van der Waals surface area contributed by atoms with Crippen LogP contribution in [0.25, 0.3) is 0 Å². The second kappa shape index (κ2) is 6.24. The molecule has 2 rings (SSSR count). The molecule has 100 valence electrons. The van der Waals surface area contributed by atoms with E-state index >= 15 is 0 Å². The largest absolute Gasteiger partial charge is 0.493 e. The van der Waals surface area contributed by atoms with Crippen LogP contribution >= 0.6 is 0 Å². The first-order valence-corrected chi connectivity index (χ1v) is 7.24. The maximum Gasteiger partial charge on any atom is 0.122 e. The highest BCUT2D eigenvalue weighted by Gasteiger charge is 2.24. The van der Waals surface area contributed by atoms with Gasteiger partial charge < -0.3 is 10.1 Å². The van der Waals surface area contributed by atoms with Crippen LogP contribution in [0.5, 0.6) is 5.75 Å². The molecule has 0 fully saturated rings. The fourth-order valence-electron chi connectivity index (χ4n) is 2.56. The summed E-state index contributed by atoms with van der Waals surface area (Å²) in [7, 11) is 0. The van der Waals surface area contributed by atoms with Crippen molar-refractivity contribution in [1.82, 2.24) is 5.32 Å². The Labute approximate surface area is 111 Å². The van der Waals surface area contributed by atoms with E-state index in [0.29, 0.717) is 12.0 Å². The van der Waals surface area contributed by atoms with Gasteiger partial charge in [0.05, 0.1) is 6.61 Å². The van der Waals surface area contributed by atoms with Gasteiger partial charge in [0.25, 0.3) is 0 Å². The number of rotatable bonds is 6. The van der Waals surface area contributed by atoms with E-state index in [1.54, 1.807) is 0 Å². The van der Waals surface area contributed by atoms with Crippen LogP contribution in [0.1, 0.15) is 50.8 Å². The average molecular weight is 247 g/mol. The second-order valence-electron chi connectivity index (χ2n) is 5.30. The monoisotopic (exact) mass is 247 g/mol. The number of hydrogen-bond donors (Lipinski definition) is 1. The van der Waals surface area contributed by atoms with Crippen LogP contribution in [-0.2, 0) is 6.42 Å². The van der Waals surface area contributed by atoms with Crippen molar-refractivity contribution in [1.29, 1.82) is 0 Å². The Kier molecular flexibility index (Phi) is 4.65. The molecule has 0 heterocycles. The molecule has 1 aromatic carbocycles. The quantitative estimate of drug-likeness (QED) is 0.827. The summed E-state index contributed by atoms with van der Waals surface area (Å²) in [6, 6.07) is 7.01. The summed E-state index contributed by atoms with van der Waals surface area (Å²) in [6.07, 6.45) is 3.52. The predicted molar refractivity (Wildman–Crippen MR) is 76.1 cm³/mol. The van der Waals surface area contributed by atoms with Crippen LogP contribution in [0, 0.1) is 5.92 Å². The van der Waals surface area contributed by atoms with Gasteiger partial charge in [-0.05, 0) is 42.5 Å². The summed E-state index contributed by atoms with van der Waals surface area (Å²) in [6.45, 7) is 8.48. The lowest BCUT2D eigenvalue weighted by Crippen LogP contribution is -2.18. The number of hydrogen-bond acceptors (Lipinski definition) is 2. The molecule has 0 aromatic heterocycles. The van der Waals surface area contributed by atoms with Crippen LogP contribution in [0.2, 0.25) is 0 Å². The number of benzene rings is 1. The summed E-state index contributed by atoms with van der Waals surface area (Å²) in [5, 5.41) is 3.55. The van der Waals surface area contributed by atoms with E-state index in [4.69, 9.17) is 4.74 Å². The van der Waals surface area contributed by atoms with E-state index in [9.17, 15) is 0 Å². The van der Waals surface area contributed by atoms with Crippen molar-refractivity contribution in [3.63, 3.8) is 0 Å². The summed E-state index contributed by atoms with van der Waals surface area (Å²) in [5.41, 5.74) is 2.87. The lowest BCUT2D eigenvalue weighted by atomic mass is 10.1. The molecule has 1 aromatic rings. The van der Waals surface area contributed by atoms with Gasteiger partial charge in [-0.1, -0.05) is 39.3 Å². The molecule has 0 bridgehead atoms. The minimum Gasteiger partial charge on any atom is -0.493 e. The van der Waals surface area contributed by atoms with Crippen molar-refractivity contribution >= 4 is 0 Å². The van der Waals surface area contributed by atoms with E-state index < -0.39 is 0 Å². The van der Waals surface area contributed by atoms with Crippen molar-refractivity contribution in [2.75, 3.05) is 13.2 Å². The molecule has 2 nitrogen and oxygen atoms in total. The highest BCUT2D eigenvalue weighted by molar-refractivity contribution is 5.45. The van der Waals surface area contributed by atoms with Crippen molar-refractivity contribution in [2.45, 2.75) is 46.1 Å². The predicted octanol–water partition coefficient (Wildman–Crippen LogP) is 3.71. The van der Waals surface area contributed by atoms with Crippen LogP contribution in [0.15, 0.2) is 18.2 Å². The first kappa shape index (κ1) is 13.4. The topological polar surface area (TPSA) is 21.3 Å². The molecule has 0 saturated heterocycles. The average Bonchev–Trinajstić information content (AvgIpc) is 2.80. The Morgan fingerprint density at radius 1 is 1.39 bits per heavy atom. The first-order chi connectivity index (χ1) is 8.76. The molecule has 2 atom stereocenters. The molecule has 1 aliphatic carbocycles. The summed E-state index contributed by atoms with van der Waals surface area (Å²) >= 11 is 0. The minimum atomic E-state index is 0.525. The Morgan fingerprint density at radius 2 is 2.22 bits per heavy atom. The fourth-order valence-corrected chi connectivity index (χ4v) is 2.56. The van der Waals surface area contributed by atoms with Gasteiger partial charge >= 0.3 is 0 Å². The molecular weight excluding hydrogens is 222 g/mol. The molecule has 2 unspecified atom stereocenters. The second-order valence-corrected chi connectivity index (χ2v) is 5.30. The van der Waals surface area contributed by atoms with Gasteiger partial charge in [-0.15, -0.1) is 0 Å². The Balaban J connectivity index is 2.09. The van der Waals surface area contributed by atoms with Gasteiger partial charge in [0.1, 0.15) is 5.75 Å². The Bertz CT molecular complexity index is 389. The highest BCUT2D eigenvalue weighted by Crippen LogP contribution is 2.36. The SMILES string of the molecule is CCNC1CCc2c(OCC(C)CC)cccc21. The van der Waals surface area contributed by atoms with Crippen molar-refractivity contribution in [3.05, 3.63) is 29.3 Å². The van der Waals surface area contributed by atoms with Gasteiger partial charge in [0, 0.05) is 6.04 Å². The molecule has 1 N–H and O–H groups in total. The maximum atomic E-state index is 6.00. The lowest BCUT2D eigenvalue weighted by molar-refractivity contribution is 0.254. The standard InChI is InChI=1S/C16H25NO/c1-4-12(3)11-18-16-8-6-7-13-14(16)9-10-15(13)17-5-2/h6-8,12,15,17H,4-5,9-11H2,1-3H3. The van der Waals surface area contributed by atoms with E-state index in [2.05, 4.69) is 44.3 Å². The summed E-state index contributed by atoms with van der Waals surface area (Å²) in [4.78, 5) is 0. The van der Waals surface area contributed by atoms with Crippen molar-refractivity contribution < 1.29 is 4.74 Å². The molecule has 0 amide bonds. The van der Waals surface area contributed by atoms with Gasteiger partial charge in [0.15, 0.2) is 0 Å². The van der Waals surface area contributed by atoms with E-state index in [0.717, 1.165) is 25.3 Å². The van der Waals surface area contributed by atoms with Gasteiger partial charge in [-0.25, -0.2) is 0 Å². The molecule has 0 aliphatic heterocycles. The normalized spacial score (nSPS) is 19.6. The zero-order valence-electron chi connectivity index (χ0n) is 11.8. The van der Waals surface area contributed by atoms with Gasteiger partial charge in [-0.2, -0.15) is 0 Å². The zero-order chi connectivity index (χ0) is 13.0. The first-order valence-electron chi connectivity index (χ1n) is 7.24.